The van der Waals surface area contributed by atoms with Crippen molar-refractivity contribution in [3.05, 3.63) is 71.4 Å². The third-order valence-electron chi connectivity index (χ3n) is 11.0. The number of alkyl carbamates (subject to hydrolysis) is 2. The lowest BCUT2D eigenvalue weighted by Gasteiger charge is -2.31. The maximum Gasteiger partial charge on any atom is 0.407 e. The van der Waals surface area contributed by atoms with Crippen LogP contribution in [0.2, 0.25) is 0 Å². The van der Waals surface area contributed by atoms with Crippen molar-refractivity contribution in [2.24, 2.45) is 17.8 Å². The molecule has 7 rings (SSSR count). The summed E-state index contributed by atoms with van der Waals surface area (Å²) in [7, 11) is 2.58. The smallest absolute Gasteiger partial charge is 0.407 e. The van der Waals surface area contributed by atoms with Gasteiger partial charge in [-0.1, -0.05) is 66.5 Å². The van der Waals surface area contributed by atoms with E-state index in [4.69, 9.17) is 14.5 Å². The highest BCUT2D eigenvalue weighted by atomic mass is 32.1. The van der Waals surface area contributed by atoms with Crippen LogP contribution in [-0.4, -0.2) is 92.6 Å². The molecule has 2 saturated heterocycles. The summed E-state index contributed by atoms with van der Waals surface area (Å²) in [5, 5.41) is 5.41. The molecule has 4 aromatic rings. The molecule has 0 unspecified atom stereocenters. The number of H-pyrrole nitrogens is 2. The fourth-order valence-electron chi connectivity index (χ4n) is 7.87. The molecule has 0 bridgehead atoms. The number of likely N-dealkylation sites (tertiary alicyclic amines) is 2. The topological polar surface area (TPSA) is 175 Å². The van der Waals surface area contributed by atoms with Crippen LogP contribution in [0.15, 0.2) is 48.7 Å². The summed E-state index contributed by atoms with van der Waals surface area (Å²) in [5.41, 5.74) is 5.09. The molecule has 2 aliphatic heterocycles. The van der Waals surface area contributed by atoms with Crippen molar-refractivity contribution in [2.45, 2.75) is 98.4 Å². The number of imidazole rings is 2. The Balaban J connectivity index is 0.00000310. The molecule has 61 heavy (non-hydrogen) atoms. The lowest BCUT2D eigenvalue weighted by molar-refractivity contribution is -0.137. The van der Waals surface area contributed by atoms with Gasteiger partial charge in [0.25, 0.3) is 0 Å². The zero-order valence-corrected chi connectivity index (χ0v) is 38.0. The second kappa shape index (κ2) is 23.1. The lowest BCUT2D eigenvalue weighted by Crippen LogP contribution is -2.52. The monoisotopic (exact) mass is 916 g/mol. The van der Waals surface area contributed by atoms with Crippen LogP contribution >= 0.6 is 54.0 Å². The first-order valence-corrected chi connectivity index (χ1v) is 18.9. The van der Waals surface area contributed by atoms with Crippen LogP contribution in [0.3, 0.4) is 0 Å². The van der Waals surface area contributed by atoms with Crippen molar-refractivity contribution < 1.29 is 28.7 Å². The Morgan fingerprint density at radius 2 is 1.36 bits per heavy atom. The first kappa shape index (κ1) is 54.6. The van der Waals surface area contributed by atoms with Gasteiger partial charge in [-0.25, -0.2) is 19.6 Å². The second-order valence-electron chi connectivity index (χ2n) is 15.3. The number of amides is 4. The molecule has 2 aromatic heterocycles. The van der Waals surface area contributed by atoms with E-state index >= 15 is 0 Å². The number of hydrogen-bond acceptors (Lipinski definition) is 8. The van der Waals surface area contributed by atoms with Crippen LogP contribution in [0.4, 0.5) is 9.59 Å². The molecule has 1 aliphatic carbocycles. The molecule has 14 nitrogen and oxygen atoms in total. The van der Waals surface area contributed by atoms with E-state index in [-0.39, 0.29) is 111 Å². The first-order valence-electron chi connectivity index (χ1n) is 18.9. The van der Waals surface area contributed by atoms with E-state index in [1.54, 1.807) is 11.1 Å². The normalized spacial score (nSPS) is 19.1. The number of fused-ring (bicyclic) bond motifs is 2. The number of aromatic amines is 2. The number of rotatable bonds is 9. The molecule has 18 heteroatoms. The van der Waals surface area contributed by atoms with Crippen LogP contribution in [-0.2, 0) is 19.1 Å². The number of ether oxygens (including phenoxy) is 2. The van der Waals surface area contributed by atoms with Crippen molar-refractivity contribution in [3.8, 4) is 23.1 Å². The van der Waals surface area contributed by atoms with Crippen molar-refractivity contribution in [1.82, 2.24) is 40.4 Å². The molecule has 6 atom stereocenters. The minimum atomic E-state index is -0.692. The van der Waals surface area contributed by atoms with E-state index in [0.29, 0.717) is 18.3 Å². The summed E-state index contributed by atoms with van der Waals surface area (Å²) in [6, 6.07) is 12.1. The third kappa shape index (κ3) is 11.7. The quantitative estimate of drug-likeness (QED) is 0.128. The van der Waals surface area contributed by atoms with E-state index in [1.165, 1.54) is 14.2 Å². The highest BCUT2D eigenvalue weighted by molar-refractivity contribution is 7.59. The van der Waals surface area contributed by atoms with Gasteiger partial charge in [-0.15, -0.1) is 0 Å². The number of aromatic nitrogens is 4. The SMILES string of the molecule is C.C.COC(=O)N[C@H](C(=O)N1CCC[C@H]1c1ncc(-c2ccc(C#Cc3ccc4nc([C@@H]5C[C@H]6C[C@H]6N5C(=O)[C@@H](NC(=O)OC)C(C)C)[nH]c4c3)cc2)[nH]1)C(C)C.S.S.S.S. The zero-order chi connectivity index (χ0) is 39.0. The Bertz CT molecular complexity index is 2170. The number of methoxy groups -OCH3 is 2. The van der Waals surface area contributed by atoms with Crippen molar-refractivity contribution in [1.29, 1.82) is 0 Å². The largest absolute Gasteiger partial charge is 0.453 e. The minimum absolute atomic E-state index is 0. The standard InChI is InChI=1S/C41H48N8O6.2CH4.4H2S/c1-22(2)34(46-40(52)54-5)38(50)48-17-7-8-31(48)36-42-21-30(45-36)26-14-11-24(12-15-26)9-10-25-13-16-28-29(18-25)44-37(43-28)33-20-27-19-32(27)49(33)39(51)35(23(3)4)47-41(53)55-6;;;;;;/h11-16,18,21-23,27,31-35H,7-8,17,19-20H2,1-6H3,(H,42,45)(H,43,44)(H,46,52)(H,47,53);2*1H4;4*1H2/t27-,31+,32-,33+,34+,35+;;;;;;/m1....../s1. The zero-order valence-electron chi connectivity index (χ0n) is 34.0. The summed E-state index contributed by atoms with van der Waals surface area (Å²) >= 11 is 0. The Labute approximate surface area is 387 Å². The summed E-state index contributed by atoms with van der Waals surface area (Å²) in [5.74, 6) is 7.93. The maximum absolute atomic E-state index is 13.8. The van der Waals surface area contributed by atoms with E-state index in [1.807, 2.05) is 75.1 Å². The highest BCUT2D eigenvalue weighted by Crippen LogP contribution is 2.53. The average Bonchev–Trinajstić information content (AvgIpc) is 3.68. The number of nitrogens with zero attached hydrogens (tertiary/aromatic N) is 4. The van der Waals surface area contributed by atoms with Gasteiger partial charge in [0.2, 0.25) is 11.8 Å². The highest BCUT2D eigenvalue weighted by Gasteiger charge is 2.56. The molecular weight excluding hydrogens is 853 g/mol. The Kier molecular flexibility index (Phi) is 20.7. The van der Waals surface area contributed by atoms with Crippen LogP contribution in [0.1, 0.15) is 103 Å². The lowest BCUT2D eigenvalue weighted by atomic mass is 10.0. The number of carbonyl (C=O) groups excluding carboxylic acids is 4. The van der Waals surface area contributed by atoms with Gasteiger partial charge in [0.1, 0.15) is 23.7 Å². The van der Waals surface area contributed by atoms with Gasteiger partial charge < -0.3 is 39.9 Å². The predicted octanol–water partition coefficient (Wildman–Crippen LogP) is 7.16. The van der Waals surface area contributed by atoms with Gasteiger partial charge in [0.15, 0.2) is 0 Å². The van der Waals surface area contributed by atoms with Gasteiger partial charge in [0, 0.05) is 23.7 Å². The molecule has 4 heterocycles. The molecular formula is C43H64N8O6S4. The van der Waals surface area contributed by atoms with E-state index in [0.717, 1.165) is 64.9 Å². The van der Waals surface area contributed by atoms with Gasteiger partial charge in [-0.3, -0.25) is 9.59 Å². The van der Waals surface area contributed by atoms with Crippen LogP contribution in [0.5, 0.6) is 0 Å². The summed E-state index contributed by atoms with van der Waals surface area (Å²) < 4.78 is 9.53. The second-order valence-corrected chi connectivity index (χ2v) is 15.3. The van der Waals surface area contributed by atoms with Crippen molar-refractivity contribution in [2.75, 3.05) is 20.8 Å². The molecule has 3 fully saturated rings. The van der Waals surface area contributed by atoms with E-state index in [2.05, 4.69) is 37.4 Å². The molecule has 3 aliphatic rings. The van der Waals surface area contributed by atoms with Gasteiger partial charge in [-0.2, -0.15) is 54.0 Å². The fourth-order valence-corrected chi connectivity index (χ4v) is 7.87. The summed E-state index contributed by atoms with van der Waals surface area (Å²) in [6.45, 7) is 8.20. The van der Waals surface area contributed by atoms with Gasteiger partial charge >= 0.3 is 12.2 Å². The Hall–Kier alpha value is -4.44. The number of piperidine rings is 1. The van der Waals surface area contributed by atoms with Gasteiger partial charge in [0.05, 0.1) is 49.2 Å². The summed E-state index contributed by atoms with van der Waals surface area (Å²) in [4.78, 5) is 71.3. The molecule has 4 amide bonds. The number of hydrogen-bond donors (Lipinski definition) is 4. The van der Waals surface area contributed by atoms with E-state index in [9.17, 15) is 19.2 Å². The van der Waals surface area contributed by atoms with Crippen molar-refractivity contribution >= 4 is 89.0 Å². The number of nitrogens with one attached hydrogen (secondary N) is 4. The van der Waals surface area contributed by atoms with Gasteiger partial charge in [-0.05, 0) is 79.3 Å². The van der Waals surface area contributed by atoms with Crippen LogP contribution in [0.25, 0.3) is 22.3 Å². The molecule has 2 aromatic carbocycles. The fraction of sp³-hybridized carbons (Fsp3) is 0.488. The van der Waals surface area contributed by atoms with Crippen LogP contribution in [0, 0.1) is 29.6 Å². The van der Waals surface area contributed by atoms with Crippen molar-refractivity contribution in [3.63, 3.8) is 0 Å². The molecule has 336 valence electrons. The number of carbonyl (C=O) groups is 4. The van der Waals surface area contributed by atoms with Crippen LogP contribution < -0.4 is 10.6 Å². The van der Waals surface area contributed by atoms with E-state index < -0.39 is 24.3 Å². The number of benzene rings is 2. The third-order valence-corrected chi connectivity index (χ3v) is 11.0. The molecule has 0 spiro atoms. The summed E-state index contributed by atoms with van der Waals surface area (Å²) in [6.07, 6.45) is 3.94. The molecule has 1 saturated carbocycles. The predicted molar refractivity (Wildman–Crippen MR) is 259 cm³/mol. The minimum Gasteiger partial charge on any atom is -0.453 e. The average molecular weight is 917 g/mol. The first-order chi connectivity index (χ1) is 26.4. The Morgan fingerprint density at radius 1 is 0.770 bits per heavy atom. The molecule has 0 radical (unpaired) electrons. The maximum atomic E-state index is 13.8. The Morgan fingerprint density at radius 3 is 1.97 bits per heavy atom. The molecule has 4 N–H and O–H groups in total.